The average molecular weight is 689 g/mol. The molecule has 1 aromatic heterocycles. The molecule has 3 heterocycles. The van der Waals surface area contributed by atoms with Gasteiger partial charge in [-0.1, -0.05) is 115 Å². The number of hydrogen-bond acceptors (Lipinski definition) is 4. The van der Waals surface area contributed by atoms with Crippen molar-refractivity contribution in [2.75, 3.05) is 9.80 Å². The molecule has 0 saturated heterocycles. The van der Waals surface area contributed by atoms with Crippen molar-refractivity contribution < 1.29 is 19.1 Å². The van der Waals surface area contributed by atoms with Gasteiger partial charge in [-0.3, -0.25) is 9.59 Å². The molecule has 0 unspecified atom stereocenters. The molecule has 0 saturated carbocycles. The van der Waals surface area contributed by atoms with Crippen LogP contribution in [-0.2, 0) is 45.4 Å². The summed E-state index contributed by atoms with van der Waals surface area (Å²) in [5, 5.41) is 3.97. The van der Waals surface area contributed by atoms with Crippen LogP contribution in [0.4, 0.5) is 16.2 Å². The third-order valence-electron chi connectivity index (χ3n) is 10.2. The van der Waals surface area contributed by atoms with Crippen molar-refractivity contribution >= 4 is 40.2 Å². The van der Waals surface area contributed by atoms with E-state index in [-0.39, 0.29) is 19.0 Å². The van der Waals surface area contributed by atoms with Crippen molar-refractivity contribution in [3.8, 4) is 0 Å². The summed E-state index contributed by atoms with van der Waals surface area (Å²) in [7, 11) is 1.94. The third kappa shape index (κ3) is 4.93. The van der Waals surface area contributed by atoms with Crippen LogP contribution in [0.2, 0.25) is 0 Å². The first-order valence-electron chi connectivity index (χ1n) is 17.5. The summed E-state index contributed by atoms with van der Waals surface area (Å²) >= 11 is 0. The van der Waals surface area contributed by atoms with Crippen molar-refractivity contribution in [1.82, 2.24) is 9.88 Å². The third-order valence-corrected chi connectivity index (χ3v) is 10.2. The number of alkyl carbamates (subject to hydrolysis) is 1. The van der Waals surface area contributed by atoms with Gasteiger partial charge in [0.15, 0.2) is 5.54 Å². The van der Waals surface area contributed by atoms with Gasteiger partial charge in [0.1, 0.15) is 11.0 Å². The predicted octanol–water partition coefficient (Wildman–Crippen LogP) is 7.98. The van der Waals surface area contributed by atoms with Crippen molar-refractivity contribution in [2.45, 2.75) is 50.4 Å². The Labute approximate surface area is 303 Å². The SMILES string of the molecule is Cn1cc([C@]2([C@]3(NC(=O)OC(C)(C)C)C(=O)N(Cc4ccccc4)c4ccccc43)C(=O)N(Cc3ccccc3)c3ccccc32)c2ccccc21. The molecule has 8 nitrogen and oxygen atoms in total. The number of carbonyl (C=O) groups is 3. The lowest BCUT2D eigenvalue weighted by atomic mass is 9.59. The first kappa shape index (κ1) is 33.0. The molecule has 0 aliphatic carbocycles. The smallest absolute Gasteiger partial charge is 0.408 e. The summed E-state index contributed by atoms with van der Waals surface area (Å²) in [4.78, 5) is 50.0. The van der Waals surface area contributed by atoms with E-state index in [4.69, 9.17) is 4.74 Å². The maximum absolute atomic E-state index is 16.2. The minimum Gasteiger partial charge on any atom is -0.444 e. The van der Waals surface area contributed by atoms with Crippen molar-refractivity contribution in [3.63, 3.8) is 0 Å². The van der Waals surface area contributed by atoms with Gasteiger partial charge in [0.2, 0.25) is 5.91 Å². The summed E-state index contributed by atoms with van der Waals surface area (Å²) in [6.07, 6.45) is 1.14. The van der Waals surface area contributed by atoms with E-state index in [9.17, 15) is 4.79 Å². The van der Waals surface area contributed by atoms with Crippen LogP contribution in [0.25, 0.3) is 10.9 Å². The number of nitrogens with zero attached hydrogens (tertiary/aromatic N) is 3. The molecule has 3 amide bonds. The largest absolute Gasteiger partial charge is 0.444 e. The lowest BCUT2D eigenvalue weighted by Gasteiger charge is -2.45. The second kappa shape index (κ2) is 12.3. The number of rotatable bonds is 7. The van der Waals surface area contributed by atoms with Crippen LogP contribution in [0.15, 0.2) is 140 Å². The predicted molar refractivity (Wildman–Crippen MR) is 203 cm³/mol. The minimum atomic E-state index is -1.98. The van der Waals surface area contributed by atoms with E-state index in [2.05, 4.69) is 5.32 Å². The number of nitrogens with one attached hydrogen (secondary N) is 1. The van der Waals surface area contributed by atoms with Gasteiger partial charge in [-0.25, -0.2) is 4.79 Å². The van der Waals surface area contributed by atoms with Crippen LogP contribution in [0.1, 0.15) is 48.6 Å². The van der Waals surface area contributed by atoms with Gasteiger partial charge in [0, 0.05) is 41.0 Å². The molecular formula is C44H40N4O4. The second-order valence-electron chi connectivity index (χ2n) is 14.6. The first-order valence-corrected chi connectivity index (χ1v) is 17.5. The Hall–Kier alpha value is -6.15. The Bertz CT molecular complexity index is 2350. The lowest BCUT2D eigenvalue weighted by molar-refractivity contribution is -0.134. The van der Waals surface area contributed by atoms with Gasteiger partial charge in [-0.15, -0.1) is 0 Å². The molecule has 0 fully saturated rings. The first-order chi connectivity index (χ1) is 25.1. The summed E-state index contributed by atoms with van der Waals surface area (Å²) in [6, 6.07) is 42.6. The van der Waals surface area contributed by atoms with E-state index < -0.39 is 28.6 Å². The minimum absolute atomic E-state index is 0.226. The van der Waals surface area contributed by atoms with Crippen molar-refractivity contribution in [3.05, 3.63) is 167 Å². The molecule has 0 spiro atoms. The summed E-state index contributed by atoms with van der Waals surface area (Å²) < 4.78 is 7.95. The number of hydrogen-bond donors (Lipinski definition) is 1. The van der Waals surface area contributed by atoms with Gasteiger partial charge in [0.05, 0.1) is 18.8 Å². The number of anilines is 2. The van der Waals surface area contributed by atoms with E-state index in [0.717, 1.165) is 22.0 Å². The Morgan fingerprint density at radius 3 is 1.75 bits per heavy atom. The molecule has 52 heavy (non-hydrogen) atoms. The Kier molecular flexibility index (Phi) is 7.79. The number of aromatic nitrogens is 1. The maximum Gasteiger partial charge on any atom is 0.408 e. The normalized spacial score (nSPS) is 19.5. The topological polar surface area (TPSA) is 83.9 Å². The van der Waals surface area contributed by atoms with E-state index in [1.165, 1.54) is 0 Å². The molecule has 2 atom stereocenters. The molecule has 8 heteroatoms. The standard InChI is InChI=1S/C44H40N4O4/c1-42(2,3)52-41(51)45-44(34-23-13-16-26-38(34)48(40(44)50)28-31-19-9-6-10-20-31)43(35-29-46(4)36-24-14-11-21-32(35)36)33-22-12-15-25-37(33)47(39(43)49)27-30-17-7-5-8-18-30/h5-26,29H,27-28H2,1-4H3,(H,45,51)/t43-,44+/m0/s1. The van der Waals surface area contributed by atoms with Crippen LogP contribution in [0.3, 0.4) is 0 Å². The van der Waals surface area contributed by atoms with Gasteiger partial charge >= 0.3 is 6.09 Å². The second-order valence-corrected chi connectivity index (χ2v) is 14.6. The fraction of sp³-hybridized carbons (Fsp3) is 0.205. The maximum atomic E-state index is 16.2. The van der Waals surface area contributed by atoms with Gasteiger partial charge in [-0.2, -0.15) is 0 Å². The number of para-hydroxylation sites is 3. The van der Waals surface area contributed by atoms with Crippen LogP contribution in [0, 0.1) is 0 Å². The molecule has 5 aromatic carbocycles. The molecule has 260 valence electrons. The van der Waals surface area contributed by atoms with E-state index in [1.807, 2.05) is 151 Å². The highest BCUT2D eigenvalue weighted by Gasteiger charge is 2.73. The van der Waals surface area contributed by atoms with Crippen LogP contribution >= 0.6 is 0 Å². The molecule has 6 aromatic rings. The molecule has 1 N–H and O–H groups in total. The zero-order valence-electron chi connectivity index (χ0n) is 29.7. The van der Waals surface area contributed by atoms with Gasteiger partial charge < -0.3 is 24.4 Å². The highest BCUT2D eigenvalue weighted by molar-refractivity contribution is 6.22. The fourth-order valence-corrected chi connectivity index (χ4v) is 8.25. The number of carbonyl (C=O) groups excluding carboxylic acids is 3. The van der Waals surface area contributed by atoms with Crippen LogP contribution in [0.5, 0.6) is 0 Å². The molecule has 8 rings (SSSR count). The van der Waals surface area contributed by atoms with E-state index >= 15 is 9.59 Å². The van der Waals surface area contributed by atoms with Crippen molar-refractivity contribution in [1.29, 1.82) is 0 Å². The lowest BCUT2D eigenvalue weighted by Crippen LogP contribution is -2.68. The van der Waals surface area contributed by atoms with Gasteiger partial charge in [0.25, 0.3) is 5.91 Å². The van der Waals surface area contributed by atoms with E-state index in [0.29, 0.717) is 28.1 Å². The zero-order valence-corrected chi connectivity index (χ0v) is 29.7. The summed E-state index contributed by atoms with van der Waals surface area (Å²) in [5.41, 5.74) is 1.08. The Morgan fingerprint density at radius 2 is 1.13 bits per heavy atom. The quantitative estimate of drug-likeness (QED) is 0.184. The zero-order chi connectivity index (χ0) is 36.3. The molecule has 0 radical (unpaired) electrons. The van der Waals surface area contributed by atoms with Crippen LogP contribution < -0.4 is 15.1 Å². The van der Waals surface area contributed by atoms with Crippen molar-refractivity contribution in [2.24, 2.45) is 7.05 Å². The van der Waals surface area contributed by atoms with E-state index in [1.54, 1.807) is 30.6 Å². The molecule has 2 aliphatic heterocycles. The molecule has 0 bridgehead atoms. The number of aryl methyl sites for hydroxylation is 1. The summed E-state index contributed by atoms with van der Waals surface area (Å²) in [6.45, 7) is 5.83. The van der Waals surface area contributed by atoms with Gasteiger partial charge in [-0.05, 0) is 55.7 Å². The highest BCUT2D eigenvalue weighted by atomic mass is 16.6. The Balaban J connectivity index is 1.49. The average Bonchev–Trinajstić information content (AvgIpc) is 3.69. The molecule has 2 aliphatic rings. The van der Waals surface area contributed by atoms with Crippen LogP contribution in [-0.4, -0.2) is 28.1 Å². The Morgan fingerprint density at radius 1 is 0.635 bits per heavy atom. The monoisotopic (exact) mass is 688 g/mol. The summed E-state index contributed by atoms with van der Waals surface area (Å²) in [5.74, 6) is -0.754. The number of benzene rings is 5. The highest BCUT2D eigenvalue weighted by Crippen LogP contribution is 2.61. The fourth-order valence-electron chi connectivity index (χ4n) is 8.25. The molecular weight excluding hydrogens is 649 g/mol. The number of ether oxygens (including phenoxy) is 1. The number of amides is 3. The number of fused-ring (bicyclic) bond motifs is 3.